The van der Waals surface area contributed by atoms with E-state index in [0.717, 1.165) is 6.42 Å². The van der Waals surface area contributed by atoms with Crippen molar-refractivity contribution in [2.45, 2.75) is 39.2 Å². The van der Waals surface area contributed by atoms with Gasteiger partial charge in [-0.2, -0.15) is 0 Å². The Bertz CT molecular complexity index is 368. The smallest absolute Gasteiger partial charge is 0.165 e. The summed E-state index contributed by atoms with van der Waals surface area (Å²) < 4.78 is 18.3. The minimum Gasteiger partial charge on any atom is -0.375 e. The first-order valence-corrected chi connectivity index (χ1v) is 5.87. The highest BCUT2D eigenvalue weighted by atomic mass is 19.1. The molecule has 0 amide bonds. The normalized spacial score (nSPS) is 11.5. The van der Waals surface area contributed by atoms with Crippen LogP contribution in [-0.4, -0.2) is 18.0 Å². The van der Waals surface area contributed by atoms with E-state index >= 15 is 0 Å². The molecule has 0 aliphatic rings. The second-order valence-electron chi connectivity index (χ2n) is 4.64. The summed E-state index contributed by atoms with van der Waals surface area (Å²) in [6.07, 6.45) is 1.23. The van der Waals surface area contributed by atoms with Crippen molar-refractivity contribution >= 4 is 5.78 Å². The third-order valence-corrected chi connectivity index (χ3v) is 2.84. The molecule has 0 N–H and O–H groups in total. The first kappa shape index (κ1) is 13.8. The van der Waals surface area contributed by atoms with Gasteiger partial charge in [-0.15, -0.1) is 0 Å². The number of hydrogen-bond acceptors (Lipinski definition) is 2. The maximum atomic E-state index is 12.7. The summed E-state index contributed by atoms with van der Waals surface area (Å²) in [6, 6.07) is 5.60. The van der Waals surface area contributed by atoms with Gasteiger partial charge in [0, 0.05) is 12.0 Å². The van der Waals surface area contributed by atoms with Crippen LogP contribution in [0.5, 0.6) is 0 Å². The van der Waals surface area contributed by atoms with E-state index in [0.29, 0.717) is 18.6 Å². The van der Waals surface area contributed by atoms with E-state index in [2.05, 4.69) is 0 Å². The third kappa shape index (κ3) is 4.65. The fourth-order valence-electron chi connectivity index (χ4n) is 1.30. The molecule has 0 unspecified atom stereocenters. The molecule has 17 heavy (non-hydrogen) atoms. The van der Waals surface area contributed by atoms with Crippen LogP contribution >= 0.6 is 0 Å². The number of benzene rings is 1. The monoisotopic (exact) mass is 238 g/mol. The van der Waals surface area contributed by atoms with E-state index in [4.69, 9.17) is 4.74 Å². The SMILES string of the molecule is CCC(C)(C)OCCC(=O)c1ccc(F)cc1. The molecule has 0 aliphatic carbocycles. The van der Waals surface area contributed by atoms with Crippen molar-refractivity contribution in [2.75, 3.05) is 6.61 Å². The lowest BCUT2D eigenvalue weighted by Gasteiger charge is -2.23. The van der Waals surface area contributed by atoms with Crippen LogP contribution in [0.25, 0.3) is 0 Å². The van der Waals surface area contributed by atoms with Gasteiger partial charge >= 0.3 is 0 Å². The molecule has 0 spiro atoms. The molecule has 0 radical (unpaired) electrons. The molecule has 0 atom stereocenters. The quantitative estimate of drug-likeness (QED) is 0.708. The molecule has 1 aromatic carbocycles. The van der Waals surface area contributed by atoms with Crippen LogP contribution in [0.1, 0.15) is 44.0 Å². The number of rotatable bonds is 6. The van der Waals surface area contributed by atoms with Crippen LogP contribution in [0.2, 0.25) is 0 Å². The summed E-state index contributed by atoms with van der Waals surface area (Å²) in [5.74, 6) is -0.346. The van der Waals surface area contributed by atoms with Gasteiger partial charge in [-0.25, -0.2) is 4.39 Å². The number of carbonyl (C=O) groups excluding carboxylic acids is 1. The van der Waals surface area contributed by atoms with E-state index in [9.17, 15) is 9.18 Å². The molecule has 0 fully saturated rings. The fraction of sp³-hybridized carbons (Fsp3) is 0.500. The van der Waals surface area contributed by atoms with Gasteiger partial charge in [0.15, 0.2) is 5.78 Å². The van der Waals surface area contributed by atoms with Gasteiger partial charge in [0.1, 0.15) is 5.82 Å². The predicted octanol–water partition coefficient (Wildman–Crippen LogP) is 3.60. The van der Waals surface area contributed by atoms with Crippen molar-refractivity contribution in [1.82, 2.24) is 0 Å². The lowest BCUT2D eigenvalue weighted by Crippen LogP contribution is -2.24. The van der Waals surface area contributed by atoms with E-state index in [1.165, 1.54) is 24.3 Å². The first-order valence-electron chi connectivity index (χ1n) is 5.87. The molecule has 0 aromatic heterocycles. The van der Waals surface area contributed by atoms with Crippen LogP contribution in [-0.2, 0) is 4.74 Å². The Kier molecular flexibility index (Phi) is 4.82. The number of hydrogen-bond donors (Lipinski definition) is 0. The van der Waals surface area contributed by atoms with Gasteiger partial charge in [-0.1, -0.05) is 6.92 Å². The molecule has 1 aromatic rings. The fourth-order valence-corrected chi connectivity index (χ4v) is 1.30. The summed E-state index contributed by atoms with van der Waals surface area (Å²) in [4.78, 5) is 11.7. The molecular weight excluding hydrogens is 219 g/mol. The molecule has 0 heterocycles. The second kappa shape index (κ2) is 5.92. The summed E-state index contributed by atoms with van der Waals surface area (Å²) >= 11 is 0. The van der Waals surface area contributed by atoms with Gasteiger partial charge in [-0.05, 0) is 44.5 Å². The number of carbonyl (C=O) groups is 1. The van der Waals surface area contributed by atoms with Gasteiger partial charge in [0.2, 0.25) is 0 Å². The number of halogens is 1. The predicted molar refractivity (Wildman–Crippen MR) is 65.7 cm³/mol. The van der Waals surface area contributed by atoms with E-state index in [-0.39, 0.29) is 17.2 Å². The van der Waals surface area contributed by atoms with Crippen molar-refractivity contribution in [3.8, 4) is 0 Å². The molecule has 0 aliphatic heterocycles. The highest BCUT2D eigenvalue weighted by Crippen LogP contribution is 2.14. The van der Waals surface area contributed by atoms with Crippen LogP contribution < -0.4 is 0 Å². The number of ether oxygens (including phenoxy) is 1. The van der Waals surface area contributed by atoms with Gasteiger partial charge in [0.05, 0.1) is 12.2 Å². The zero-order valence-electron chi connectivity index (χ0n) is 10.6. The van der Waals surface area contributed by atoms with Crippen molar-refractivity contribution < 1.29 is 13.9 Å². The summed E-state index contributed by atoms with van der Waals surface area (Å²) in [6.45, 7) is 6.43. The molecule has 2 nitrogen and oxygen atoms in total. The van der Waals surface area contributed by atoms with Crippen LogP contribution in [0.3, 0.4) is 0 Å². The average Bonchev–Trinajstić information content (AvgIpc) is 2.29. The van der Waals surface area contributed by atoms with E-state index in [1.54, 1.807) is 0 Å². The topological polar surface area (TPSA) is 26.3 Å². The minimum absolute atomic E-state index is 0.0168. The maximum Gasteiger partial charge on any atom is 0.165 e. The maximum absolute atomic E-state index is 12.7. The summed E-state index contributed by atoms with van der Waals surface area (Å²) in [7, 11) is 0. The number of ketones is 1. The highest BCUT2D eigenvalue weighted by Gasteiger charge is 2.16. The van der Waals surface area contributed by atoms with Crippen LogP contribution in [0, 0.1) is 5.82 Å². The lowest BCUT2D eigenvalue weighted by atomic mass is 10.1. The third-order valence-electron chi connectivity index (χ3n) is 2.84. The van der Waals surface area contributed by atoms with Crippen molar-refractivity contribution in [1.29, 1.82) is 0 Å². The van der Waals surface area contributed by atoms with Gasteiger partial charge < -0.3 is 4.74 Å². The molecule has 1 rings (SSSR count). The average molecular weight is 238 g/mol. The van der Waals surface area contributed by atoms with Crippen LogP contribution in [0.15, 0.2) is 24.3 Å². The van der Waals surface area contributed by atoms with Crippen LogP contribution in [0.4, 0.5) is 4.39 Å². The van der Waals surface area contributed by atoms with Crippen molar-refractivity contribution in [3.05, 3.63) is 35.6 Å². The molecule has 0 saturated heterocycles. The highest BCUT2D eigenvalue weighted by molar-refractivity contribution is 5.96. The zero-order chi connectivity index (χ0) is 12.9. The first-order chi connectivity index (χ1) is 7.94. The molecule has 0 saturated carbocycles. The van der Waals surface area contributed by atoms with Gasteiger partial charge in [0.25, 0.3) is 0 Å². The van der Waals surface area contributed by atoms with Gasteiger partial charge in [-0.3, -0.25) is 4.79 Å². The Balaban J connectivity index is 2.43. The minimum atomic E-state index is -0.329. The molecular formula is C14H19FO2. The Hall–Kier alpha value is -1.22. The largest absolute Gasteiger partial charge is 0.375 e. The molecule has 0 bridgehead atoms. The lowest BCUT2D eigenvalue weighted by molar-refractivity contribution is -0.0190. The van der Waals surface area contributed by atoms with E-state index in [1.807, 2.05) is 20.8 Å². The Labute approximate surface area is 102 Å². The zero-order valence-corrected chi connectivity index (χ0v) is 10.6. The number of Topliss-reactive ketones (excluding diaryl/α,β-unsaturated/α-hetero) is 1. The standard InChI is InChI=1S/C14H19FO2/c1-4-14(2,3)17-10-9-13(16)11-5-7-12(15)8-6-11/h5-8H,4,9-10H2,1-3H3. The Morgan fingerprint density at radius 3 is 2.41 bits per heavy atom. The summed E-state index contributed by atoms with van der Waals surface area (Å²) in [5, 5.41) is 0. The Morgan fingerprint density at radius 1 is 1.29 bits per heavy atom. The van der Waals surface area contributed by atoms with Crippen molar-refractivity contribution in [3.63, 3.8) is 0 Å². The molecule has 3 heteroatoms. The van der Waals surface area contributed by atoms with E-state index < -0.39 is 0 Å². The summed E-state index contributed by atoms with van der Waals surface area (Å²) in [5.41, 5.74) is 0.340. The second-order valence-corrected chi connectivity index (χ2v) is 4.64. The Morgan fingerprint density at radius 2 is 1.88 bits per heavy atom. The van der Waals surface area contributed by atoms with Crippen molar-refractivity contribution in [2.24, 2.45) is 0 Å². The molecule has 94 valence electrons.